The first-order valence-corrected chi connectivity index (χ1v) is 12.2. The molecule has 3 rings (SSSR count). The summed E-state index contributed by atoms with van der Waals surface area (Å²) in [5, 5.41) is 16.8. The van der Waals surface area contributed by atoms with Crippen LogP contribution in [0.15, 0.2) is 60.3 Å². The molecule has 0 aromatic heterocycles. The van der Waals surface area contributed by atoms with Gasteiger partial charge in [0.1, 0.15) is 6.61 Å². The number of aliphatic hydroxyl groups excluding tert-OH is 1. The van der Waals surface area contributed by atoms with E-state index in [-0.39, 0.29) is 23.1 Å². The summed E-state index contributed by atoms with van der Waals surface area (Å²) in [4.78, 5) is 30.5. The molecule has 1 atom stereocenters. The number of rotatable bonds is 9. The number of aliphatic hydroxyl groups is 1. The molecule has 2 aromatic carbocycles. The average molecular weight is 493 g/mol. The fourth-order valence-electron chi connectivity index (χ4n) is 4.25. The van der Waals surface area contributed by atoms with Gasteiger partial charge in [-0.25, -0.2) is 4.79 Å². The summed E-state index contributed by atoms with van der Waals surface area (Å²) in [5.74, 6) is -0.968. The molecule has 0 radical (unpaired) electrons. The van der Waals surface area contributed by atoms with E-state index in [9.17, 15) is 14.7 Å². The van der Waals surface area contributed by atoms with Crippen molar-refractivity contribution in [3.63, 3.8) is 0 Å². The Morgan fingerprint density at radius 3 is 2.28 bits per heavy atom. The van der Waals surface area contributed by atoms with Crippen LogP contribution in [-0.4, -0.2) is 35.6 Å². The lowest BCUT2D eigenvalue weighted by atomic mass is 9.63. The number of hydrogen-bond donors (Lipinski definition) is 2. The predicted octanol–water partition coefficient (Wildman–Crippen LogP) is 5.47. The molecule has 0 bridgehead atoms. The van der Waals surface area contributed by atoms with Crippen molar-refractivity contribution in [2.24, 2.45) is 5.16 Å². The molecule has 0 fully saturated rings. The van der Waals surface area contributed by atoms with Crippen LogP contribution in [0, 0.1) is 0 Å². The molecule has 1 amide bonds. The Morgan fingerprint density at radius 1 is 1.06 bits per heavy atom. The molecule has 2 aromatic rings. The molecule has 0 saturated carbocycles. The van der Waals surface area contributed by atoms with E-state index in [1.807, 2.05) is 12.1 Å². The van der Waals surface area contributed by atoms with Crippen molar-refractivity contribution < 1.29 is 24.3 Å². The van der Waals surface area contributed by atoms with Gasteiger partial charge in [0, 0.05) is 17.7 Å². The molecule has 2 N–H and O–H groups in total. The lowest BCUT2D eigenvalue weighted by molar-refractivity contribution is -0.112. The lowest BCUT2D eigenvalue weighted by Crippen LogP contribution is -2.34. The summed E-state index contributed by atoms with van der Waals surface area (Å²) in [6.07, 6.45) is 2.81. The highest BCUT2D eigenvalue weighted by atomic mass is 16.7. The number of hydrogen-bond acceptors (Lipinski definition) is 6. The largest absolute Gasteiger partial charge is 0.458 e. The minimum Gasteiger partial charge on any atom is -0.458 e. The topological polar surface area (TPSA) is 97.2 Å². The smallest absolute Gasteiger partial charge is 0.338 e. The van der Waals surface area contributed by atoms with Gasteiger partial charge >= 0.3 is 5.97 Å². The van der Waals surface area contributed by atoms with Gasteiger partial charge in [-0.2, -0.15) is 0 Å². The van der Waals surface area contributed by atoms with Crippen molar-refractivity contribution in [1.82, 2.24) is 0 Å². The zero-order chi connectivity index (χ0) is 26.5. The maximum absolute atomic E-state index is 13.3. The number of ether oxygens (including phenoxy) is 1. The zero-order valence-electron chi connectivity index (χ0n) is 21.8. The third-order valence-corrected chi connectivity index (χ3v) is 6.67. The Labute approximate surface area is 213 Å². The number of oxime groups is 1. The molecule has 1 unspecified atom stereocenters. The molecule has 0 aliphatic heterocycles. The Hall–Kier alpha value is -3.45. The van der Waals surface area contributed by atoms with Crippen LogP contribution in [-0.2, 0) is 25.2 Å². The second-order valence-electron chi connectivity index (χ2n) is 10.4. The van der Waals surface area contributed by atoms with Gasteiger partial charge in [-0.1, -0.05) is 64.6 Å². The minimum absolute atomic E-state index is 0.0341. The molecule has 0 spiro atoms. The summed E-state index contributed by atoms with van der Waals surface area (Å²) < 4.78 is 5.03. The first-order chi connectivity index (χ1) is 17.0. The Bertz CT molecular complexity index is 1150. The van der Waals surface area contributed by atoms with Crippen LogP contribution in [0.4, 0.5) is 5.69 Å². The number of fused-ring (bicyclic) bond motifs is 1. The van der Waals surface area contributed by atoms with Crippen LogP contribution in [0.5, 0.6) is 0 Å². The highest BCUT2D eigenvalue weighted by Crippen LogP contribution is 2.46. The number of nitrogens with zero attached hydrogens (tertiary/aromatic N) is 1. The normalized spacial score (nSPS) is 16.9. The van der Waals surface area contributed by atoms with E-state index in [1.165, 1.54) is 17.2 Å². The zero-order valence-corrected chi connectivity index (χ0v) is 21.8. The molecule has 1 aliphatic carbocycles. The Balaban J connectivity index is 1.92. The van der Waals surface area contributed by atoms with E-state index >= 15 is 0 Å². The highest BCUT2D eigenvalue weighted by Gasteiger charge is 2.37. The van der Waals surface area contributed by atoms with Gasteiger partial charge < -0.3 is 20.0 Å². The number of amides is 1. The first kappa shape index (κ1) is 27.1. The molecular weight excluding hydrogens is 456 g/mol. The second-order valence-corrected chi connectivity index (χ2v) is 10.4. The van der Waals surface area contributed by atoms with Gasteiger partial charge in [0.15, 0.2) is 5.71 Å². The van der Waals surface area contributed by atoms with Crippen LogP contribution in [0.2, 0.25) is 0 Å². The molecule has 36 heavy (non-hydrogen) atoms. The lowest BCUT2D eigenvalue weighted by Gasteiger charge is -2.42. The third kappa shape index (κ3) is 6.21. The van der Waals surface area contributed by atoms with Gasteiger partial charge in [0.2, 0.25) is 6.29 Å². The van der Waals surface area contributed by atoms with E-state index in [0.717, 1.165) is 12.8 Å². The van der Waals surface area contributed by atoms with Crippen LogP contribution in [0.1, 0.15) is 80.9 Å². The van der Waals surface area contributed by atoms with Gasteiger partial charge in [0.05, 0.1) is 5.56 Å². The molecule has 1 aliphatic rings. The average Bonchev–Trinajstić information content (AvgIpc) is 2.85. The first-order valence-electron chi connectivity index (χ1n) is 12.2. The van der Waals surface area contributed by atoms with E-state index in [2.05, 4.69) is 50.8 Å². The van der Waals surface area contributed by atoms with Crippen molar-refractivity contribution >= 4 is 23.3 Å². The molecule has 7 heteroatoms. The summed E-state index contributed by atoms with van der Waals surface area (Å²) in [7, 11) is 0. The molecule has 7 nitrogen and oxygen atoms in total. The number of esters is 1. The van der Waals surface area contributed by atoms with Crippen LogP contribution in [0.25, 0.3) is 0 Å². The van der Waals surface area contributed by atoms with Crippen molar-refractivity contribution in [1.29, 1.82) is 0 Å². The molecular formula is C29H36N2O5. The summed E-state index contributed by atoms with van der Waals surface area (Å²) in [6.45, 7) is 14.3. The van der Waals surface area contributed by atoms with Crippen molar-refractivity contribution in [3.8, 4) is 0 Å². The summed E-state index contributed by atoms with van der Waals surface area (Å²) in [5.41, 5.74) is 3.91. The molecule has 0 heterocycles. The quantitative estimate of drug-likeness (QED) is 0.159. The minimum atomic E-state index is -1.12. The summed E-state index contributed by atoms with van der Waals surface area (Å²) in [6, 6.07) is 12.3. The van der Waals surface area contributed by atoms with Crippen LogP contribution >= 0.6 is 0 Å². The monoisotopic (exact) mass is 492 g/mol. The van der Waals surface area contributed by atoms with Crippen molar-refractivity contribution in [2.75, 3.05) is 11.9 Å². The van der Waals surface area contributed by atoms with Gasteiger partial charge in [-0.3, -0.25) is 4.79 Å². The fraction of sp³-hybridized carbons (Fsp3) is 0.414. The van der Waals surface area contributed by atoms with Gasteiger partial charge in [-0.15, -0.1) is 0 Å². The number of anilines is 1. The Kier molecular flexibility index (Phi) is 8.35. The van der Waals surface area contributed by atoms with E-state index in [1.54, 1.807) is 31.2 Å². The fourth-order valence-corrected chi connectivity index (χ4v) is 4.25. The van der Waals surface area contributed by atoms with Crippen molar-refractivity contribution in [3.05, 3.63) is 77.4 Å². The number of benzene rings is 2. The van der Waals surface area contributed by atoms with E-state index in [4.69, 9.17) is 9.57 Å². The highest BCUT2D eigenvalue weighted by molar-refractivity contribution is 6.48. The molecule has 0 saturated heterocycles. The SMILES string of the molecule is C=CCOC(=O)c1ccc(NC(=O)C(=NOC(O)CC)c2ccc3c(c2)C(C)(C)CCC3(C)C)cc1. The number of nitrogens with one attached hydrogen (secondary N) is 1. The number of carbonyl (C=O) groups excluding carboxylic acids is 2. The predicted molar refractivity (Wildman–Crippen MR) is 141 cm³/mol. The molecule has 192 valence electrons. The van der Waals surface area contributed by atoms with Gasteiger partial charge in [0.25, 0.3) is 5.91 Å². The third-order valence-electron chi connectivity index (χ3n) is 6.67. The second kappa shape index (κ2) is 11.1. The maximum Gasteiger partial charge on any atom is 0.338 e. The number of carbonyl (C=O) groups is 2. The van der Waals surface area contributed by atoms with Crippen LogP contribution in [0.3, 0.4) is 0 Å². The standard InChI is InChI=1S/C29H36N2O5/c1-7-17-35-27(34)19-9-12-21(13-10-19)30-26(33)25(31-36-24(32)8-2)20-11-14-22-23(18-20)29(5,6)16-15-28(22,3)4/h7,9-14,18,24,32H,1,8,15-17H2,2-6H3,(H,30,33). The van der Waals surface area contributed by atoms with Crippen molar-refractivity contribution in [2.45, 2.75) is 71.0 Å². The van der Waals surface area contributed by atoms with E-state index in [0.29, 0.717) is 23.2 Å². The van der Waals surface area contributed by atoms with Crippen LogP contribution < -0.4 is 5.32 Å². The van der Waals surface area contributed by atoms with E-state index < -0.39 is 18.2 Å². The Morgan fingerprint density at radius 2 is 1.67 bits per heavy atom. The summed E-state index contributed by atoms with van der Waals surface area (Å²) >= 11 is 0. The van der Waals surface area contributed by atoms with Gasteiger partial charge in [-0.05, 0) is 65.1 Å². The maximum atomic E-state index is 13.3.